The Morgan fingerprint density at radius 1 is 1.56 bits per heavy atom. The number of aliphatic hydroxyl groups excluding tert-OH is 1. The molecule has 18 heavy (non-hydrogen) atoms. The van der Waals surface area contributed by atoms with Gasteiger partial charge in [-0.1, -0.05) is 0 Å². The maximum absolute atomic E-state index is 12.4. The average Bonchev–Trinajstić information content (AvgIpc) is 3.18. The maximum atomic E-state index is 12.4. The number of hydrogen-bond acceptors (Lipinski definition) is 4. The molecule has 5 heteroatoms. The minimum absolute atomic E-state index is 0.00515. The van der Waals surface area contributed by atoms with E-state index in [1.54, 1.807) is 24.1 Å². The van der Waals surface area contributed by atoms with Crippen LogP contribution in [0.5, 0.6) is 0 Å². The summed E-state index contributed by atoms with van der Waals surface area (Å²) < 4.78 is 0. The first-order chi connectivity index (χ1) is 8.65. The molecule has 0 bridgehead atoms. The summed E-state index contributed by atoms with van der Waals surface area (Å²) in [7, 11) is 1.78. The van der Waals surface area contributed by atoms with Gasteiger partial charge in [0.05, 0.1) is 6.61 Å². The quantitative estimate of drug-likeness (QED) is 0.818. The molecule has 0 spiro atoms. The number of amides is 1. The van der Waals surface area contributed by atoms with Crippen LogP contribution in [0.2, 0.25) is 0 Å². The van der Waals surface area contributed by atoms with Crippen LogP contribution in [0.4, 0.5) is 5.82 Å². The predicted octanol–water partition coefficient (Wildman–Crippen LogP) is 1.03. The number of aromatic nitrogens is 1. The number of pyridine rings is 1. The smallest absolute Gasteiger partial charge is 0.254 e. The van der Waals surface area contributed by atoms with Gasteiger partial charge < -0.3 is 15.3 Å². The van der Waals surface area contributed by atoms with Crippen LogP contribution in [-0.4, -0.2) is 47.1 Å². The standard InChI is InChI=1S/C13H19N3O2/c1-9-7-10(8-12(14-2)15-9)13(18)16(5-6-17)11-3-4-11/h7-8,11,17H,3-6H2,1-2H3,(H,14,15). The molecule has 1 amide bonds. The van der Waals surface area contributed by atoms with E-state index in [0.29, 0.717) is 24.0 Å². The molecule has 1 aromatic heterocycles. The summed E-state index contributed by atoms with van der Waals surface area (Å²) in [5.41, 5.74) is 1.44. The van der Waals surface area contributed by atoms with E-state index in [2.05, 4.69) is 10.3 Å². The van der Waals surface area contributed by atoms with E-state index < -0.39 is 0 Å². The van der Waals surface area contributed by atoms with Gasteiger partial charge in [0.25, 0.3) is 5.91 Å². The van der Waals surface area contributed by atoms with Crippen LogP contribution in [-0.2, 0) is 0 Å². The summed E-state index contributed by atoms with van der Waals surface area (Å²) in [6.07, 6.45) is 2.07. The van der Waals surface area contributed by atoms with Gasteiger partial charge in [-0.3, -0.25) is 4.79 Å². The van der Waals surface area contributed by atoms with Crippen LogP contribution >= 0.6 is 0 Å². The Bertz CT molecular complexity index is 444. The Morgan fingerprint density at radius 3 is 2.83 bits per heavy atom. The highest BCUT2D eigenvalue weighted by Gasteiger charge is 2.32. The van der Waals surface area contributed by atoms with Gasteiger partial charge in [-0.05, 0) is 31.9 Å². The fourth-order valence-corrected chi connectivity index (χ4v) is 2.03. The summed E-state index contributed by atoms with van der Waals surface area (Å²) in [5, 5.41) is 12.0. The van der Waals surface area contributed by atoms with Gasteiger partial charge in [-0.15, -0.1) is 0 Å². The summed E-state index contributed by atoms with van der Waals surface area (Å²) in [5.74, 6) is 0.673. The molecule has 1 aromatic rings. The molecule has 2 N–H and O–H groups in total. The Morgan fingerprint density at radius 2 is 2.28 bits per heavy atom. The van der Waals surface area contributed by atoms with E-state index in [9.17, 15) is 4.79 Å². The minimum atomic E-state index is -0.0199. The first-order valence-corrected chi connectivity index (χ1v) is 6.24. The molecule has 98 valence electrons. The first-order valence-electron chi connectivity index (χ1n) is 6.24. The Labute approximate surface area is 107 Å². The molecule has 1 heterocycles. The van der Waals surface area contributed by atoms with Gasteiger partial charge in [0.15, 0.2) is 0 Å². The SMILES string of the molecule is CNc1cc(C(=O)N(CCO)C2CC2)cc(C)n1. The summed E-state index contributed by atoms with van der Waals surface area (Å²) >= 11 is 0. The molecule has 0 saturated heterocycles. The third-order valence-electron chi connectivity index (χ3n) is 3.05. The highest BCUT2D eigenvalue weighted by atomic mass is 16.3. The number of carbonyl (C=O) groups is 1. The van der Waals surface area contributed by atoms with Crippen LogP contribution in [0.25, 0.3) is 0 Å². The lowest BCUT2D eigenvalue weighted by atomic mass is 10.2. The zero-order valence-corrected chi connectivity index (χ0v) is 10.8. The van der Waals surface area contributed by atoms with Gasteiger partial charge in [0, 0.05) is 30.9 Å². The number of aryl methyl sites for hydroxylation is 1. The largest absolute Gasteiger partial charge is 0.395 e. The number of rotatable bonds is 5. The molecule has 1 aliphatic carbocycles. The lowest BCUT2D eigenvalue weighted by Gasteiger charge is -2.21. The van der Waals surface area contributed by atoms with Crippen molar-refractivity contribution >= 4 is 11.7 Å². The maximum Gasteiger partial charge on any atom is 0.254 e. The van der Waals surface area contributed by atoms with Gasteiger partial charge in [0.1, 0.15) is 5.82 Å². The van der Waals surface area contributed by atoms with Crippen molar-refractivity contribution in [2.75, 3.05) is 25.5 Å². The van der Waals surface area contributed by atoms with Crippen molar-refractivity contribution in [3.63, 3.8) is 0 Å². The minimum Gasteiger partial charge on any atom is -0.395 e. The predicted molar refractivity (Wildman–Crippen MR) is 69.7 cm³/mol. The second-order valence-corrected chi connectivity index (χ2v) is 4.59. The van der Waals surface area contributed by atoms with E-state index in [1.807, 2.05) is 6.92 Å². The lowest BCUT2D eigenvalue weighted by Crippen LogP contribution is -2.35. The summed E-state index contributed by atoms with van der Waals surface area (Å²) in [6, 6.07) is 3.84. The van der Waals surface area contributed by atoms with Crippen molar-refractivity contribution in [1.29, 1.82) is 0 Å². The molecular formula is C13H19N3O2. The van der Waals surface area contributed by atoms with Crippen molar-refractivity contribution in [2.24, 2.45) is 0 Å². The number of carbonyl (C=O) groups excluding carboxylic acids is 1. The third kappa shape index (κ3) is 2.79. The monoisotopic (exact) mass is 249 g/mol. The fraction of sp³-hybridized carbons (Fsp3) is 0.538. The molecule has 1 fully saturated rings. The Hall–Kier alpha value is -1.62. The zero-order valence-electron chi connectivity index (χ0n) is 10.8. The topological polar surface area (TPSA) is 65.5 Å². The molecule has 1 aliphatic rings. The van der Waals surface area contributed by atoms with Gasteiger partial charge in [-0.25, -0.2) is 4.98 Å². The molecule has 0 aliphatic heterocycles. The van der Waals surface area contributed by atoms with Crippen molar-refractivity contribution in [3.8, 4) is 0 Å². The molecule has 1 saturated carbocycles. The van der Waals surface area contributed by atoms with Gasteiger partial charge >= 0.3 is 0 Å². The molecule has 0 atom stereocenters. The van der Waals surface area contributed by atoms with Gasteiger partial charge in [0.2, 0.25) is 0 Å². The van der Waals surface area contributed by atoms with Crippen LogP contribution in [0.1, 0.15) is 28.9 Å². The number of nitrogens with zero attached hydrogens (tertiary/aromatic N) is 2. The van der Waals surface area contributed by atoms with Gasteiger partial charge in [-0.2, -0.15) is 0 Å². The molecule has 0 unspecified atom stereocenters. The van der Waals surface area contributed by atoms with Crippen molar-refractivity contribution < 1.29 is 9.90 Å². The number of anilines is 1. The normalized spacial score (nSPS) is 14.4. The van der Waals surface area contributed by atoms with E-state index >= 15 is 0 Å². The molecular weight excluding hydrogens is 230 g/mol. The molecule has 2 rings (SSSR count). The second kappa shape index (κ2) is 5.35. The van der Waals surface area contributed by atoms with Crippen molar-refractivity contribution in [2.45, 2.75) is 25.8 Å². The highest BCUT2D eigenvalue weighted by molar-refractivity contribution is 5.95. The lowest BCUT2D eigenvalue weighted by molar-refractivity contribution is 0.0707. The number of nitrogens with one attached hydrogen (secondary N) is 1. The van der Waals surface area contributed by atoms with E-state index in [0.717, 1.165) is 18.5 Å². The number of hydrogen-bond donors (Lipinski definition) is 2. The zero-order chi connectivity index (χ0) is 13.1. The van der Waals surface area contributed by atoms with E-state index in [-0.39, 0.29) is 12.5 Å². The number of aliphatic hydroxyl groups is 1. The molecule has 5 nitrogen and oxygen atoms in total. The van der Waals surface area contributed by atoms with Crippen LogP contribution < -0.4 is 5.32 Å². The van der Waals surface area contributed by atoms with Crippen molar-refractivity contribution in [1.82, 2.24) is 9.88 Å². The van der Waals surface area contributed by atoms with E-state index in [4.69, 9.17) is 5.11 Å². The highest BCUT2D eigenvalue weighted by Crippen LogP contribution is 2.28. The average molecular weight is 249 g/mol. The Kier molecular flexibility index (Phi) is 3.81. The van der Waals surface area contributed by atoms with Crippen LogP contribution in [0.15, 0.2) is 12.1 Å². The van der Waals surface area contributed by atoms with Crippen LogP contribution in [0, 0.1) is 6.92 Å². The van der Waals surface area contributed by atoms with Crippen LogP contribution in [0.3, 0.4) is 0 Å². The first kappa shape index (κ1) is 12.8. The second-order valence-electron chi connectivity index (χ2n) is 4.59. The Balaban J connectivity index is 2.23. The molecule has 0 aromatic carbocycles. The fourth-order valence-electron chi connectivity index (χ4n) is 2.03. The summed E-state index contributed by atoms with van der Waals surface area (Å²) in [6.45, 7) is 2.27. The third-order valence-corrected chi connectivity index (χ3v) is 3.05. The summed E-state index contributed by atoms with van der Waals surface area (Å²) in [4.78, 5) is 18.4. The van der Waals surface area contributed by atoms with E-state index in [1.165, 1.54) is 0 Å². The van der Waals surface area contributed by atoms with Crippen molar-refractivity contribution in [3.05, 3.63) is 23.4 Å². The molecule has 0 radical (unpaired) electrons.